The van der Waals surface area contributed by atoms with Gasteiger partial charge in [0.15, 0.2) is 0 Å². The van der Waals surface area contributed by atoms with Gasteiger partial charge in [0.2, 0.25) is 0 Å². The molecule has 5 heteroatoms. The molecule has 0 aromatic carbocycles. The molecule has 0 bridgehead atoms. The van der Waals surface area contributed by atoms with Crippen LogP contribution < -0.4 is 4.74 Å². The SMILES string of the molecule is c1cncc(OC2CN(Cc3ccco3)Cc3cccn3C2)c1. The minimum absolute atomic E-state index is 0.0720. The molecule has 0 amide bonds. The van der Waals surface area contributed by atoms with Crippen LogP contribution in [0, 0.1) is 0 Å². The van der Waals surface area contributed by atoms with E-state index in [1.165, 1.54) is 5.69 Å². The second kappa shape index (κ2) is 6.30. The smallest absolute Gasteiger partial charge is 0.138 e. The topological polar surface area (TPSA) is 43.4 Å². The summed E-state index contributed by atoms with van der Waals surface area (Å²) >= 11 is 0. The first kappa shape index (κ1) is 14.1. The second-order valence-corrected chi connectivity index (χ2v) is 5.83. The second-order valence-electron chi connectivity index (χ2n) is 5.83. The van der Waals surface area contributed by atoms with Crippen LogP contribution in [0.2, 0.25) is 0 Å². The predicted molar refractivity (Wildman–Crippen MR) is 85.9 cm³/mol. The molecule has 3 aromatic heterocycles. The lowest BCUT2D eigenvalue weighted by Gasteiger charge is -2.23. The highest BCUT2D eigenvalue weighted by atomic mass is 16.5. The van der Waals surface area contributed by atoms with E-state index in [-0.39, 0.29) is 6.10 Å². The van der Waals surface area contributed by atoms with Crippen LogP contribution >= 0.6 is 0 Å². The molecule has 0 spiro atoms. The number of ether oxygens (including phenoxy) is 1. The number of hydrogen-bond acceptors (Lipinski definition) is 4. The summed E-state index contributed by atoms with van der Waals surface area (Å²) < 4.78 is 13.9. The standard InChI is InChI=1S/C18H19N3O2/c1-5-16(10-19-7-1)23-18-13-20(12-17-6-3-9-22-17)11-15-4-2-8-21(15)14-18/h1-10,18H,11-14H2. The molecule has 23 heavy (non-hydrogen) atoms. The van der Waals surface area contributed by atoms with Gasteiger partial charge in [-0.15, -0.1) is 0 Å². The molecule has 3 aromatic rings. The van der Waals surface area contributed by atoms with E-state index in [1.807, 2.05) is 24.3 Å². The first-order valence-electron chi connectivity index (χ1n) is 7.82. The van der Waals surface area contributed by atoms with Crippen LogP contribution in [-0.4, -0.2) is 27.1 Å². The lowest BCUT2D eigenvalue weighted by molar-refractivity contribution is 0.119. The quantitative estimate of drug-likeness (QED) is 0.743. The fourth-order valence-corrected chi connectivity index (χ4v) is 3.06. The van der Waals surface area contributed by atoms with Crippen molar-refractivity contribution >= 4 is 0 Å². The van der Waals surface area contributed by atoms with Crippen LogP contribution in [0.15, 0.2) is 65.7 Å². The molecular formula is C18H19N3O2. The summed E-state index contributed by atoms with van der Waals surface area (Å²) in [6.07, 6.45) is 7.43. The van der Waals surface area contributed by atoms with Crippen molar-refractivity contribution < 1.29 is 9.15 Å². The number of hydrogen-bond donors (Lipinski definition) is 0. The van der Waals surface area contributed by atoms with E-state index >= 15 is 0 Å². The molecule has 0 saturated heterocycles. The van der Waals surface area contributed by atoms with Gasteiger partial charge in [-0.1, -0.05) is 0 Å². The lowest BCUT2D eigenvalue weighted by atomic mass is 10.3. The van der Waals surface area contributed by atoms with Crippen LogP contribution in [0.4, 0.5) is 0 Å². The van der Waals surface area contributed by atoms with E-state index in [0.29, 0.717) is 0 Å². The fraction of sp³-hybridized carbons (Fsp3) is 0.278. The largest absolute Gasteiger partial charge is 0.486 e. The molecule has 0 N–H and O–H groups in total. The summed E-state index contributed by atoms with van der Waals surface area (Å²) in [6, 6.07) is 12.0. The van der Waals surface area contributed by atoms with Crippen LogP contribution in [0.3, 0.4) is 0 Å². The van der Waals surface area contributed by atoms with Crippen LogP contribution in [0.1, 0.15) is 11.5 Å². The highest BCUT2D eigenvalue weighted by Gasteiger charge is 2.23. The van der Waals surface area contributed by atoms with E-state index in [2.05, 4.69) is 32.8 Å². The minimum Gasteiger partial charge on any atom is -0.486 e. The van der Waals surface area contributed by atoms with E-state index < -0.39 is 0 Å². The molecule has 118 valence electrons. The van der Waals surface area contributed by atoms with Crippen molar-refractivity contribution in [2.45, 2.75) is 25.7 Å². The first-order chi connectivity index (χ1) is 11.4. The van der Waals surface area contributed by atoms with Crippen LogP contribution in [0.5, 0.6) is 5.75 Å². The van der Waals surface area contributed by atoms with Gasteiger partial charge < -0.3 is 13.7 Å². The monoisotopic (exact) mass is 309 g/mol. The summed E-state index contributed by atoms with van der Waals surface area (Å²) in [5.41, 5.74) is 1.30. The first-order valence-corrected chi connectivity index (χ1v) is 7.82. The summed E-state index contributed by atoms with van der Waals surface area (Å²) in [6.45, 7) is 3.36. The van der Waals surface area contributed by atoms with Crippen LogP contribution in [0.25, 0.3) is 0 Å². The van der Waals surface area contributed by atoms with Gasteiger partial charge in [0, 0.05) is 31.2 Å². The van der Waals surface area contributed by atoms with Crippen molar-refractivity contribution in [3.8, 4) is 5.75 Å². The minimum atomic E-state index is 0.0720. The van der Waals surface area contributed by atoms with Gasteiger partial charge in [0.05, 0.1) is 25.5 Å². The van der Waals surface area contributed by atoms with E-state index in [9.17, 15) is 0 Å². The summed E-state index contributed by atoms with van der Waals surface area (Å²) in [4.78, 5) is 6.49. The Morgan fingerprint density at radius 3 is 3.00 bits per heavy atom. The number of aromatic nitrogens is 2. The van der Waals surface area contributed by atoms with E-state index in [0.717, 1.165) is 37.7 Å². The zero-order valence-electron chi connectivity index (χ0n) is 12.8. The maximum absolute atomic E-state index is 6.16. The van der Waals surface area contributed by atoms with Gasteiger partial charge >= 0.3 is 0 Å². The Hall–Kier alpha value is -2.53. The summed E-state index contributed by atoms with van der Waals surface area (Å²) in [5, 5.41) is 0. The molecule has 4 rings (SSSR count). The van der Waals surface area contributed by atoms with Gasteiger partial charge in [-0.05, 0) is 36.4 Å². The maximum atomic E-state index is 6.16. The van der Waals surface area contributed by atoms with Crippen LogP contribution in [-0.2, 0) is 19.6 Å². The van der Waals surface area contributed by atoms with Crippen molar-refractivity contribution in [3.63, 3.8) is 0 Å². The molecule has 1 aliphatic heterocycles. The lowest BCUT2D eigenvalue weighted by Crippen LogP contribution is -2.34. The molecule has 0 aliphatic carbocycles. The Labute approximate surface area is 135 Å². The van der Waals surface area contributed by atoms with Crippen molar-refractivity contribution in [3.05, 3.63) is 72.7 Å². The highest BCUT2D eigenvalue weighted by Crippen LogP contribution is 2.19. The average Bonchev–Trinajstić information content (AvgIpc) is 3.18. The predicted octanol–water partition coefficient (Wildman–Crippen LogP) is 2.94. The number of fused-ring (bicyclic) bond motifs is 1. The normalized spacial score (nSPS) is 18.3. The van der Waals surface area contributed by atoms with Gasteiger partial charge in [-0.25, -0.2) is 0 Å². The third-order valence-corrected chi connectivity index (χ3v) is 4.07. The molecule has 5 nitrogen and oxygen atoms in total. The number of nitrogens with zero attached hydrogens (tertiary/aromatic N) is 3. The van der Waals surface area contributed by atoms with E-state index in [1.54, 1.807) is 18.7 Å². The zero-order chi connectivity index (χ0) is 15.5. The van der Waals surface area contributed by atoms with E-state index in [4.69, 9.17) is 9.15 Å². The zero-order valence-corrected chi connectivity index (χ0v) is 12.8. The Balaban J connectivity index is 1.54. The molecule has 0 fully saturated rings. The molecule has 1 atom stereocenters. The summed E-state index contributed by atoms with van der Waals surface area (Å²) in [5.74, 6) is 1.79. The molecular weight excluding hydrogens is 290 g/mol. The Bertz CT molecular complexity index is 737. The van der Waals surface area contributed by atoms with Crippen molar-refractivity contribution in [1.29, 1.82) is 0 Å². The van der Waals surface area contributed by atoms with Crippen molar-refractivity contribution in [1.82, 2.24) is 14.5 Å². The summed E-state index contributed by atoms with van der Waals surface area (Å²) in [7, 11) is 0. The van der Waals surface area contributed by atoms with Crippen molar-refractivity contribution in [2.24, 2.45) is 0 Å². The number of furan rings is 1. The van der Waals surface area contributed by atoms with Gasteiger partial charge in [-0.3, -0.25) is 9.88 Å². The highest BCUT2D eigenvalue weighted by molar-refractivity contribution is 5.16. The van der Waals surface area contributed by atoms with Gasteiger partial charge in [-0.2, -0.15) is 0 Å². The van der Waals surface area contributed by atoms with Crippen molar-refractivity contribution in [2.75, 3.05) is 6.54 Å². The molecule has 1 aliphatic rings. The third-order valence-electron chi connectivity index (χ3n) is 4.07. The Morgan fingerprint density at radius 1 is 1.17 bits per heavy atom. The third kappa shape index (κ3) is 3.29. The molecule has 1 unspecified atom stereocenters. The Kier molecular flexibility index (Phi) is 3.86. The maximum Gasteiger partial charge on any atom is 0.138 e. The number of rotatable bonds is 4. The fourth-order valence-electron chi connectivity index (χ4n) is 3.06. The molecule has 0 radical (unpaired) electrons. The number of pyridine rings is 1. The van der Waals surface area contributed by atoms with Gasteiger partial charge in [0.25, 0.3) is 0 Å². The Morgan fingerprint density at radius 2 is 2.17 bits per heavy atom. The molecule has 4 heterocycles. The van der Waals surface area contributed by atoms with Gasteiger partial charge in [0.1, 0.15) is 17.6 Å². The average molecular weight is 309 g/mol. The molecule has 0 saturated carbocycles.